The van der Waals surface area contributed by atoms with Gasteiger partial charge in [0.2, 0.25) is 5.78 Å². The third-order valence-corrected chi connectivity index (χ3v) is 4.66. The molecule has 1 N–H and O–H groups in total. The van der Waals surface area contributed by atoms with Crippen LogP contribution >= 0.6 is 0 Å². The standard InChI is InChI=1S/C24H23F2NO/c25-24(26,22(28)18-10-13-19-11-4-1-5-12-19)23(20-14-6-2-7-15-20)27-21-16-8-3-9-17-21/h1-9,11-12,14-17,23,27H,10,13,18H2. The minimum absolute atomic E-state index is 0.165. The van der Waals surface area contributed by atoms with E-state index in [1.807, 2.05) is 36.4 Å². The van der Waals surface area contributed by atoms with Crippen LogP contribution in [0.25, 0.3) is 0 Å². The molecule has 0 aliphatic carbocycles. The molecule has 28 heavy (non-hydrogen) atoms. The van der Waals surface area contributed by atoms with E-state index in [0.717, 1.165) is 5.56 Å². The second kappa shape index (κ2) is 9.27. The third-order valence-electron chi connectivity index (χ3n) is 4.66. The van der Waals surface area contributed by atoms with Crippen LogP contribution in [0, 0.1) is 0 Å². The molecule has 0 radical (unpaired) electrons. The van der Waals surface area contributed by atoms with Crippen LogP contribution in [0.4, 0.5) is 14.5 Å². The lowest BCUT2D eigenvalue weighted by Gasteiger charge is -2.28. The van der Waals surface area contributed by atoms with Gasteiger partial charge in [0, 0.05) is 12.1 Å². The van der Waals surface area contributed by atoms with Crippen LogP contribution in [0.5, 0.6) is 0 Å². The summed E-state index contributed by atoms with van der Waals surface area (Å²) in [5, 5.41) is 2.85. The van der Waals surface area contributed by atoms with Gasteiger partial charge in [0.1, 0.15) is 6.04 Å². The molecule has 0 spiro atoms. The zero-order valence-electron chi connectivity index (χ0n) is 15.5. The maximum atomic E-state index is 15.2. The van der Waals surface area contributed by atoms with Crippen molar-refractivity contribution < 1.29 is 13.6 Å². The number of halogens is 2. The summed E-state index contributed by atoms with van der Waals surface area (Å²) in [7, 11) is 0. The van der Waals surface area contributed by atoms with Crippen LogP contribution < -0.4 is 5.32 Å². The highest BCUT2D eigenvalue weighted by Crippen LogP contribution is 2.36. The number of nitrogens with one attached hydrogen (secondary N) is 1. The highest BCUT2D eigenvalue weighted by atomic mass is 19.3. The molecular formula is C24H23F2NO. The van der Waals surface area contributed by atoms with Gasteiger partial charge >= 0.3 is 5.92 Å². The Labute approximate surface area is 164 Å². The van der Waals surface area contributed by atoms with Crippen molar-refractivity contribution in [2.75, 3.05) is 5.32 Å². The average Bonchev–Trinajstić information content (AvgIpc) is 2.74. The minimum Gasteiger partial charge on any atom is -0.372 e. The van der Waals surface area contributed by atoms with E-state index < -0.39 is 17.7 Å². The summed E-state index contributed by atoms with van der Waals surface area (Å²) in [6, 6.07) is 25.3. The fourth-order valence-corrected chi connectivity index (χ4v) is 3.16. The van der Waals surface area contributed by atoms with E-state index in [1.54, 1.807) is 54.6 Å². The fraction of sp³-hybridized carbons (Fsp3) is 0.208. The van der Waals surface area contributed by atoms with Gasteiger partial charge in [-0.1, -0.05) is 78.9 Å². The van der Waals surface area contributed by atoms with Gasteiger partial charge in [-0.3, -0.25) is 4.79 Å². The van der Waals surface area contributed by atoms with Crippen molar-refractivity contribution in [2.45, 2.75) is 31.2 Å². The van der Waals surface area contributed by atoms with E-state index in [9.17, 15) is 4.79 Å². The Balaban J connectivity index is 1.74. The summed E-state index contributed by atoms with van der Waals surface area (Å²) in [6.45, 7) is 0. The number of alkyl halides is 2. The van der Waals surface area contributed by atoms with Crippen molar-refractivity contribution in [2.24, 2.45) is 0 Å². The number of Topliss-reactive ketones (excluding diaryl/α,β-unsaturated/α-hetero) is 1. The van der Waals surface area contributed by atoms with Crippen LogP contribution in [-0.4, -0.2) is 11.7 Å². The van der Waals surface area contributed by atoms with Gasteiger partial charge in [-0.25, -0.2) is 0 Å². The number of carbonyl (C=O) groups is 1. The molecule has 0 fully saturated rings. The molecule has 3 aromatic rings. The first-order valence-corrected chi connectivity index (χ1v) is 9.39. The zero-order chi connectivity index (χ0) is 19.8. The normalized spacial score (nSPS) is 12.4. The minimum atomic E-state index is -3.52. The lowest BCUT2D eigenvalue weighted by atomic mass is 9.94. The van der Waals surface area contributed by atoms with Crippen molar-refractivity contribution in [1.29, 1.82) is 0 Å². The quantitative estimate of drug-likeness (QED) is 0.489. The summed E-state index contributed by atoms with van der Waals surface area (Å²) in [4.78, 5) is 12.5. The Morgan fingerprint density at radius 3 is 1.96 bits per heavy atom. The Hall–Kier alpha value is -3.01. The number of aryl methyl sites for hydroxylation is 1. The van der Waals surface area contributed by atoms with Crippen molar-refractivity contribution in [3.05, 3.63) is 102 Å². The largest absolute Gasteiger partial charge is 0.372 e. The lowest BCUT2D eigenvalue weighted by Crippen LogP contribution is -2.39. The summed E-state index contributed by atoms with van der Waals surface area (Å²) >= 11 is 0. The van der Waals surface area contributed by atoms with Gasteiger partial charge in [-0.05, 0) is 36.1 Å². The number of hydrogen-bond acceptors (Lipinski definition) is 2. The fourth-order valence-electron chi connectivity index (χ4n) is 3.16. The maximum absolute atomic E-state index is 15.2. The Morgan fingerprint density at radius 1 is 0.821 bits per heavy atom. The van der Waals surface area contributed by atoms with Gasteiger partial charge in [0.05, 0.1) is 0 Å². The van der Waals surface area contributed by atoms with E-state index in [-0.39, 0.29) is 6.42 Å². The monoisotopic (exact) mass is 379 g/mol. The van der Waals surface area contributed by atoms with E-state index in [0.29, 0.717) is 24.1 Å². The van der Waals surface area contributed by atoms with E-state index in [1.165, 1.54) is 0 Å². The molecule has 4 heteroatoms. The number of hydrogen-bond donors (Lipinski definition) is 1. The Bertz CT molecular complexity index is 867. The molecule has 0 saturated heterocycles. The summed E-state index contributed by atoms with van der Waals surface area (Å²) < 4.78 is 30.3. The predicted molar refractivity (Wildman–Crippen MR) is 109 cm³/mol. The van der Waals surface area contributed by atoms with Crippen LogP contribution in [0.2, 0.25) is 0 Å². The van der Waals surface area contributed by atoms with Crippen molar-refractivity contribution in [1.82, 2.24) is 0 Å². The number of ketones is 1. The second-order valence-corrected chi connectivity index (χ2v) is 6.74. The molecule has 144 valence electrons. The molecular weight excluding hydrogens is 356 g/mol. The molecule has 0 bridgehead atoms. The number of anilines is 1. The first-order chi connectivity index (χ1) is 13.6. The molecule has 0 aromatic heterocycles. The number of carbonyl (C=O) groups excluding carboxylic acids is 1. The summed E-state index contributed by atoms with van der Waals surface area (Å²) in [5.74, 6) is -4.56. The molecule has 0 aliphatic rings. The molecule has 3 rings (SSSR count). The summed E-state index contributed by atoms with van der Waals surface area (Å²) in [6.07, 6.45) is 0.831. The molecule has 1 unspecified atom stereocenters. The van der Waals surface area contributed by atoms with Gasteiger partial charge < -0.3 is 5.32 Å². The smallest absolute Gasteiger partial charge is 0.328 e. The third kappa shape index (κ3) is 5.03. The number of rotatable bonds is 9. The topological polar surface area (TPSA) is 29.1 Å². The van der Waals surface area contributed by atoms with E-state index in [4.69, 9.17) is 0 Å². The first kappa shape index (κ1) is 19.7. The van der Waals surface area contributed by atoms with Crippen molar-refractivity contribution in [3.8, 4) is 0 Å². The highest BCUT2D eigenvalue weighted by Gasteiger charge is 2.47. The van der Waals surface area contributed by atoms with Crippen LogP contribution in [0.15, 0.2) is 91.0 Å². The van der Waals surface area contributed by atoms with Gasteiger partial charge in [0.15, 0.2) is 0 Å². The maximum Gasteiger partial charge on any atom is 0.328 e. The molecule has 2 nitrogen and oxygen atoms in total. The van der Waals surface area contributed by atoms with E-state index in [2.05, 4.69) is 5.32 Å². The van der Waals surface area contributed by atoms with Crippen LogP contribution in [-0.2, 0) is 11.2 Å². The van der Waals surface area contributed by atoms with Crippen LogP contribution in [0.3, 0.4) is 0 Å². The van der Waals surface area contributed by atoms with Gasteiger partial charge in [-0.15, -0.1) is 0 Å². The van der Waals surface area contributed by atoms with Crippen molar-refractivity contribution in [3.63, 3.8) is 0 Å². The Morgan fingerprint density at radius 2 is 1.36 bits per heavy atom. The predicted octanol–water partition coefficient (Wildman–Crippen LogP) is 6.07. The van der Waals surface area contributed by atoms with Gasteiger partial charge in [-0.2, -0.15) is 8.78 Å². The lowest BCUT2D eigenvalue weighted by molar-refractivity contribution is -0.145. The molecule has 0 heterocycles. The summed E-state index contributed by atoms with van der Waals surface area (Å²) in [5.41, 5.74) is 1.97. The first-order valence-electron chi connectivity index (χ1n) is 9.39. The molecule has 0 aliphatic heterocycles. The second-order valence-electron chi connectivity index (χ2n) is 6.74. The van der Waals surface area contributed by atoms with Crippen LogP contribution in [0.1, 0.15) is 30.0 Å². The molecule has 0 amide bonds. The van der Waals surface area contributed by atoms with Gasteiger partial charge in [0.25, 0.3) is 0 Å². The molecule has 1 atom stereocenters. The molecule has 0 saturated carbocycles. The molecule has 3 aromatic carbocycles. The number of benzene rings is 3. The SMILES string of the molecule is O=C(CCCc1ccccc1)C(F)(F)C(Nc1ccccc1)c1ccccc1. The highest BCUT2D eigenvalue weighted by molar-refractivity contribution is 5.87. The zero-order valence-corrected chi connectivity index (χ0v) is 15.5. The number of para-hydroxylation sites is 1. The van der Waals surface area contributed by atoms with E-state index >= 15 is 8.78 Å². The van der Waals surface area contributed by atoms with Crippen molar-refractivity contribution >= 4 is 11.5 Å². The average molecular weight is 379 g/mol. The Kier molecular flexibility index (Phi) is 6.53.